The van der Waals surface area contributed by atoms with Crippen molar-refractivity contribution >= 4 is 5.97 Å². The van der Waals surface area contributed by atoms with Crippen molar-refractivity contribution in [3.05, 3.63) is 18.2 Å². The average Bonchev–Trinajstić information content (AvgIpc) is 2.65. The molecular formula is C11H18N2O3. The second kappa shape index (κ2) is 4.65. The molecule has 0 bridgehead atoms. The van der Waals surface area contributed by atoms with E-state index in [2.05, 4.69) is 4.98 Å². The number of aliphatic carboxylic acids is 1. The van der Waals surface area contributed by atoms with E-state index in [0.717, 1.165) is 13.0 Å². The van der Waals surface area contributed by atoms with Gasteiger partial charge in [-0.15, -0.1) is 0 Å². The summed E-state index contributed by atoms with van der Waals surface area (Å²) in [6.45, 7) is 5.74. The van der Waals surface area contributed by atoms with Gasteiger partial charge in [0.25, 0.3) is 0 Å². The van der Waals surface area contributed by atoms with E-state index in [9.17, 15) is 9.90 Å². The number of carbonyl (C=O) groups is 1. The standard InChI is InChI=1S/C11H18N2O3/c1-4-5-13-7-12-6-8(13)9(14)11(2,3)10(15)16/h6-7,9,14H,4-5H2,1-3H3,(H,15,16). The Kier molecular flexibility index (Phi) is 3.70. The van der Waals surface area contributed by atoms with Crippen molar-refractivity contribution in [2.24, 2.45) is 5.41 Å². The Balaban J connectivity index is 2.99. The van der Waals surface area contributed by atoms with Crippen LogP contribution in [-0.4, -0.2) is 25.7 Å². The number of hydrogen-bond acceptors (Lipinski definition) is 3. The van der Waals surface area contributed by atoms with E-state index in [1.54, 1.807) is 10.9 Å². The van der Waals surface area contributed by atoms with Crippen LogP contribution in [0.3, 0.4) is 0 Å². The van der Waals surface area contributed by atoms with Gasteiger partial charge in [-0.25, -0.2) is 4.98 Å². The Hall–Kier alpha value is -1.36. The Labute approximate surface area is 94.7 Å². The predicted octanol–water partition coefficient (Wildman–Crippen LogP) is 1.44. The first-order valence-electron chi connectivity index (χ1n) is 5.32. The van der Waals surface area contributed by atoms with Gasteiger partial charge in [-0.1, -0.05) is 6.92 Å². The topological polar surface area (TPSA) is 75.3 Å². The van der Waals surface area contributed by atoms with Crippen LogP contribution in [0.4, 0.5) is 0 Å². The number of imidazole rings is 1. The van der Waals surface area contributed by atoms with Crippen molar-refractivity contribution < 1.29 is 15.0 Å². The highest BCUT2D eigenvalue weighted by atomic mass is 16.4. The summed E-state index contributed by atoms with van der Waals surface area (Å²) < 4.78 is 1.79. The summed E-state index contributed by atoms with van der Waals surface area (Å²) in [6.07, 6.45) is 2.98. The van der Waals surface area contributed by atoms with Crippen molar-refractivity contribution in [3.63, 3.8) is 0 Å². The number of nitrogens with zero attached hydrogens (tertiary/aromatic N) is 2. The van der Waals surface area contributed by atoms with Crippen LogP contribution in [0.15, 0.2) is 12.5 Å². The number of hydrogen-bond donors (Lipinski definition) is 2. The summed E-state index contributed by atoms with van der Waals surface area (Å²) in [7, 11) is 0. The fraction of sp³-hybridized carbons (Fsp3) is 0.636. The number of aliphatic hydroxyl groups is 1. The van der Waals surface area contributed by atoms with Crippen LogP contribution >= 0.6 is 0 Å². The van der Waals surface area contributed by atoms with Crippen molar-refractivity contribution in [2.45, 2.75) is 39.8 Å². The van der Waals surface area contributed by atoms with Gasteiger partial charge < -0.3 is 14.8 Å². The molecular weight excluding hydrogens is 208 g/mol. The summed E-state index contributed by atoms with van der Waals surface area (Å²) in [4.78, 5) is 15.0. The van der Waals surface area contributed by atoms with E-state index < -0.39 is 17.5 Å². The molecule has 1 aromatic rings. The quantitative estimate of drug-likeness (QED) is 0.796. The van der Waals surface area contributed by atoms with Crippen molar-refractivity contribution in [2.75, 3.05) is 0 Å². The summed E-state index contributed by atoms with van der Waals surface area (Å²) in [5.41, 5.74) is -0.667. The monoisotopic (exact) mass is 226 g/mol. The highest BCUT2D eigenvalue weighted by molar-refractivity contribution is 5.74. The Morgan fingerprint density at radius 1 is 1.62 bits per heavy atom. The summed E-state index contributed by atoms with van der Waals surface area (Å²) in [5, 5.41) is 19.1. The van der Waals surface area contributed by atoms with E-state index in [4.69, 9.17) is 5.11 Å². The van der Waals surface area contributed by atoms with Gasteiger partial charge in [0.1, 0.15) is 6.10 Å². The fourth-order valence-electron chi connectivity index (χ4n) is 1.47. The zero-order valence-electron chi connectivity index (χ0n) is 9.84. The molecule has 1 rings (SSSR count). The van der Waals surface area contributed by atoms with Crippen LogP contribution in [0.2, 0.25) is 0 Å². The van der Waals surface area contributed by atoms with Crippen LogP contribution in [0.25, 0.3) is 0 Å². The van der Waals surface area contributed by atoms with Crippen molar-refractivity contribution in [1.29, 1.82) is 0 Å². The molecule has 0 saturated carbocycles. The molecule has 2 N–H and O–H groups in total. The van der Waals surface area contributed by atoms with Crippen LogP contribution < -0.4 is 0 Å². The van der Waals surface area contributed by atoms with Gasteiger partial charge in [-0.3, -0.25) is 4.79 Å². The fourth-order valence-corrected chi connectivity index (χ4v) is 1.47. The smallest absolute Gasteiger partial charge is 0.312 e. The maximum absolute atomic E-state index is 11.0. The predicted molar refractivity (Wildman–Crippen MR) is 58.9 cm³/mol. The van der Waals surface area contributed by atoms with Crippen LogP contribution in [0.5, 0.6) is 0 Å². The molecule has 1 atom stereocenters. The first kappa shape index (κ1) is 12.7. The van der Waals surface area contributed by atoms with E-state index in [1.807, 2.05) is 6.92 Å². The lowest BCUT2D eigenvalue weighted by Crippen LogP contribution is -2.32. The molecule has 0 aliphatic carbocycles. The van der Waals surface area contributed by atoms with Gasteiger partial charge in [0.2, 0.25) is 0 Å². The van der Waals surface area contributed by atoms with Crippen LogP contribution in [-0.2, 0) is 11.3 Å². The Morgan fingerprint density at radius 2 is 2.25 bits per heavy atom. The van der Waals surface area contributed by atoms with Gasteiger partial charge in [-0.2, -0.15) is 0 Å². The highest BCUT2D eigenvalue weighted by Crippen LogP contribution is 2.33. The van der Waals surface area contributed by atoms with Crippen LogP contribution in [0.1, 0.15) is 39.0 Å². The first-order chi connectivity index (χ1) is 7.41. The molecule has 1 aromatic heterocycles. The lowest BCUT2D eigenvalue weighted by Gasteiger charge is -2.26. The average molecular weight is 226 g/mol. The summed E-state index contributed by atoms with van der Waals surface area (Å²) in [6, 6.07) is 0. The Bertz CT molecular complexity index is 371. The third kappa shape index (κ3) is 2.24. The maximum atomic E-state index is 11.0. The molecule has 0 saturated heterocycles. The van der Waals surface area contributed by atoms with E-state index in [0.29, 0.717) is 5.69 Å². The largest absolute Gasteiger partial charge is 0.481 e. The number of carboxylic acids is 1. The summed E-state index contributed by atoms with van der Waals surface area (Å²) in [5.74, 6) is -1.02. The Morgan fingerprint density at radius 3 is 2.75 bits per heavy atom. The van der Waals surface area contributed by atoms with Gasteiger partial charge in [0.15, 0.2) is 0 Å². The van der Waals surface area contributed by atoms with Crippen LogP contribution in [0, 0.1) is 5.41 Å². The molecule has 90 valence electrons. The minimum atomic E-state index is -1.22. The summed E-state index contributed by atoms with van der Waals surface area (Å²) >= 11 is 0. The molecule has 1 unspecified atom stereocenters. The molecule has 0 aliphatic heterocycles. The SMILES string of the molecule is CCCn1cncc1C(O)C(C)(C)C(=O)O. The molecule has 16 heavy (non-hydrogen) atoms. The van der Waals surface area contributed by atoms with Gasteiger partial charge >= 0.3 is 5.97 Å². The number of carboxylic acid groups (broad SMARTS) is 1. The number of aromatic nitrogens is 2. The zero-order chi connectivity index (χ0) is 12.3. The van der Waals surface area contributed by atoms with E-state index in [-0.39, 0.29) is 0 Å². The molecule has 0 spiro atoms. The second-order valence-corrected chi connectivity index (χ2v) is 4.44. The van der Waals surface area contributed by atoms with Gasteiger partial charge in [-0.05, 0) is 20.3 Å². The molecule has 0 aliphatic rings. The third-order valence-corrected chi connectivity index (χ3v) is 2.72. The molecule has 0 aromatic carbocycles. The number of aryl methyl sites for hydroxylation is 1. The molecule has 0 fully saturated rings. The van der Waals surface area contributed by atoms with E-state index >= 15 is 0 Å². The minimum Gasteiger partial charge on any atom is -0.481 e. The highest BCUT2D eigenvalue weighted by Gasteiger charge is 2.38. The molecule has 1 heterocycles. The molecule has 5 nitrogen and oxygen atoms in total. The molecule has 0 amide bonds. The lowest BCUT2D eigenvalue weighted by molar-refractivity contribution is -0.154. The maximum Gasteiger partial charge on any atom is 0.312 e. The second-order valence-electron chi connectivity index (χ2n) is 4.44. The minimum absolute atomic E-state index is 0.550. The number of aliphatic hydroxyl groups excluding tert-OH is 1. The first-order valence-corrected chi connectivity index (χ1v) is 5.32. The third-order valence-electron chi connectivity index (χ3n) is 2.72. The normalized spacial score (nSPS) is 13.8. The zero-order valence-corrected chi connectivity index (χ0v) is 9.84. The lowest BCUT2D eigenvalue weighted by atomic mass is 9.85. The van der Waals surface area contributed by atoms with Crippen molar-refractivity contribution in [1.82, 2.24) is 9.55 Å². The van der Waals surface area contributed by atoms with Crippen molar-refractivity contribution in [3.8, 4) is 0 Å². The number of rotatable bonds is 5. The van der Waals surface area contributed by atoms with Gasteiger partial charge in [0, 0.05) is 6.54 Å². The van der Waals surface area contributed by atoms with E-state index in [1.165, 1.54) is 20.0 Å². The molecule has 5 heteroatoms. The van der Waals surface area contributed by atoms with Gasteiger partial charge in [0.05, 0.1) is 23.6 Å². The molecule has 0 radical (unpaired) electrons.